The Balaban J connectivity index is 0.000000146. The fraction of sp³-hybridized carbons (Fsp3) is 0.115. The highest BCUT2D eigenvalue weighted by atomic mass is 127. The van der Waals surface area contributed by atoms with Gasteiger partial charge in [-0.2, -0.15) is 0 Å². The first-order valence-electron chi connectivity index (χ1n) is 24.2. The molecule has 0 atom stereocenters. The van der Waals surface area contributed by atoms with Gasteiger partial charge >= 0.3 is 7.12 Å². The topological polar surface area (TPSA) is 121 Å². The molecule has 1 saturated heterocycles. The molecular weight excluding hydrogens is 1190 g/mol. The van der Waals surface area contributed by atoms with E-state index in [1.165, 1.54) is 8.04 Å². The molecule has 380 valence electrons. The molecule has 15 heteroatoms. The second-order valence-corrected chi connectivity index (χ2v) is 21.2. The van der Waals surface area contributed by atoms with E-state index < -0.39 is 18.3 Å². The van der Waals surface area contributed by atoms with Gasteiger partial charge in [-0.25, -0.2) is 15.0 Å². The van der Waals surface area contributed by atoms with Crippen LogP contribution >= 0.6 is 54.5 Å². The monoisotopic (exact) mass is 1240 g/mol. The first-order valence-corrected chi connectivity index (χ1v) is 26.8. The fourth-order valence-electron chi connectivity index (χ4n) is 8.46. The number of rotatable bonds is 6. The zero-order valence-corrected chi connectivity index (χ0v) is 46.7. The number of imidazole rings is 3. The number of hydrogen-bond donors (Lipinski definition) is 1. The van der Waals surface area contributed by atoms with Gasteiger partial charge in [-0.05, 0) is 185 Å². The van der Waals surface area contributed by atoms with Gasteiger partial charge in [0.25, 0.3) is 0 Å². The molecule has 6 aromatic heterocycles. The number of fused-ring (bicyclic) bond motifs is 3. The Hall–Kier alpha value is -7.15. The summed E-state index contributed by atoms with van der Waals surface area (Å²) in [6.07, 6.45) is 10.7. The SMILES string of the molecule is Brc1ccccc1-n1c(-c2ccncc2)nc2ccccc21.Brc1ccccc1I.C.CC1(C)OB(c2ccccc2-n2c(-c3ccncc3)nc3ccccc32)OC1(C)C.[2HH].c1ccc2[nH]c(-c3ccncc3)nc2c1. The highest BCUT2D eigenvalue weighted by Crippen LogP contribution is 2.38. The Morgan fingerprint density at radius 1 is 0.474 bits per heavy atom. The maximum Gasteiger partial charge on any atom is 0.496 e. The number of para-hydroxylation sites is 8. The molecular formula is C61H55BBr2IN9O2. The Morgan fingerprint density at radius 2 is 0.895 bits per heavy atom. The molecule has 6 aromatic carbocycles. The normalized spacial score (nSPS) is 13.2. The van der Waals surface area contributed by atoms with Crippen molar-refractivity contribution in [3.05, 3.63) is 232 Å². The van der Waals surface area contributed by atoms with Crippen molar-refractivity contribution in [2.45, 2.75) is 46.3 Å². The third-order valence-corrected chi connectivity index (χ3v) is 16.0. The average molecular weight is 1240 g/mol. The van der Waals surface area contributed by atoms with Gasteiger partial charge in [0.2, 0.25) is 0 Å². The third kappa shape index (κ3) is 11.6. The Morgan fingerprint density at radius 3 is 1.39 bits per heavy atom. The number of nitrogens with one attached hydrogen (secondary N) is 1. The van der Waals surface area contributed by atoms with Crippen LogP contribution in [0.25, 0.3) is 78.6 Å². The minimum absolute atomic E-state index is 0. The molecule has 13 rings (SSSR count). The molecule has 0 amide bonds. The zero-order valence-electron chi connectivity index (χ0n) is 41.4. The summed E-state index contributed by atoms with van der Waals surface area (Å²) >= 11 is 9.31. The van der Waals surface area contributed by atoms with Crippen LogP contribution in [-0.4, -0.2) is 62.3 Å². The van der Waals surface area contributed by atoms with Gasteiger partial charge in [0.05, 0.1) is 50.0 Å². The Labute approximate surface area is 474 Å². The third-order valence-electron chi connectivity index (χ3n) is 12.9. The maximum absolute atomic E-state index is 6.38. The van der Waals surface area contributed by atoms with Gasteiger partial charge in [0.1, 0.15) is 17.5 Å². The van der Waals surface area contributed by atoms with E-state index in [2.05, 4.69) is 153 Å². The lowest BCUT2D eigenvalue weighted by molar-refractivity contribution is 0.00578. The molecule has 0 aliphatic carbocycles. The van der Waals surface area contributed by atoms with E-state index in [9.17, 15) is 0 Å². The van der Waals surface area contributed by atoms with E-state index in [0.29, 0.717) is 0 Å². The molecule has 76 heavy (non-hydrogen) atoms. The molecule has 1 aliphatic heterocycles. The summed E-state index contributed by atoms with van der Waals surface area (Å²) < 4.78 is 20.6. The Kier molecular flexibility index (Phi) is 16.8. The number of hydrogen-bond acceptors (Lipinski definition) is 8. The molecule has 0 spiro atoms. The van der Waals surface area contributed by atoms with E-state index in [1.54, 1.807) is 37.2 Å². The lowest BCUT2D eigenvalue weighted by Crippen LogP contribution is -2.41. The molecule has 0 unspecified atom stereocenters. The van der Waals surface area contributed by atoms with Gasteiger partial charge in [0.15, 0.2) is 0 Å². The first-order chi connectivity index (χ1) is 36.5. The van der Waals surface area contributed by atoms with E-state index in [0.717, 1.165) is 88.6 Å². The van der Waals surface area contributed by atoms with Crippen LogP contribution in [0, 0.1) is 3.57 Å². The summed E-state index contributed by atoms with van der Waals surface area (Å²) in [4.78, 5) is 29.8. The van der Waals surface area contributed by atoms with Gasteiger partial charge in [0, 0.05) is 79.0 Å². The largest absolute Gasteiger partial charge is 0.496 e. The molecule has 7 heterocycles. The van der Waals surface area contributed by atoms with Crippen molar-refractivity contribution in [3.8, 4) is 45.5 Å². The summed E-state index contributed by atoms with van der Waals surface area (Å²) in [6.45, 7) is 8.30. The molecule has 1 N–H and O–H groups in total. The summed E-state index contributed by atoms with van der Waals surface area (Å²) in [5.74, 6) is 2.66. The second kappa shape index (κ2) is 23.8. The second-order valence-electron chi connectivity index (χ2n) is 18.3. The standard InChI is InChI=1S/C24H24BN3O2.C18H12BrN3.C12H9N3.C6H4BrI.CH4.H2/c1-23(2)24(3,4)30-25(29-23)18-9-5-7-11-20(18)28-21-12-8-6-10-19(21)27-22(28)17-13-15-26-16-14-17;19-14-5-1-3-7-16(14)22-17-8-4-2-6-15(17)21-18(22)13-9-11-20-12-10-13;1-2-4-11-10(3-1)14-12(15-11)9-5-7-13-8-6-9;7-5-3-1-2-4-6(5)8;;/h5-16H,1-4H3;1-12H;1-8H,(H,14,15);1-4H;1H4;1H/i;;;;;1+1. The van der Waals surface area contributed by atoms with Crippen molar-refractivity contribution in [2.24, 2.45) is 0 Å². The molecule has 1 fully saturated rings. The predicted molar refractivity (Wildman–Crippen MR) is 327 cm³/mol. The van der Waals surface area contributed by atoms with Crippen molar-refractivity contribution >= 4 is 100 Å². The van der Waals surface area contributed by atoms with Crippen LogP contribution in [0.15, 0.2) is 228 Å². The molecule has 1 aliphatic rings. The van der Waals surface area contributed by atoms with Crippen LogP contribution < -0.4 is 5.46 Å². The van der Waals surface area contributed by atoms with Gasteiger partial charge in [-0.3, -0.25) is 24.1 Å². The molecule has 0 bridgehead atoms. The predicted octanol–water partition coefficient (Wildman–Crippen LogP) is 15.8. The quantitative estimate of drug-likeness (QED) is 0.129. The van der Waals surface area contributed by atoms with Crippen LogP contribution in [0.5, 0.6) is 0 Å². The number of aromatic nitrogens is 9. The van der Waals surface area contributed by atoms with Gasteiger partial charge in [-0.15, -0.1) is 0 Å². The summed E-state index contributed by atoms with van der Waals surface area (Å²) in [7, 11) is -0.461. The number of halogens is 3. The first kappa shape index (κ1) is 53.7. The molecule has 0 radical (unpaired) electrons. The number of H-pyrrole nitrogens is 1. The van der Waals surface area contributed by atoms with Crippen LogP contribution in [0.2, 0.25) is 0 Å². The van der Waals surface area contributed by atoms with E-state index in [1.807, 2.05) is 146 Å². The van der Waals surface area contributed by atoms with Crippen LogP contribution in [-0.2, 0) is 9.31 Å². The van der Waals surface area contributed by atoms with Crippen LogP contribution in [0.1, 0.15) is 36.5 Å². The van der Waals surface area contributed by atoms with E-state index in [-0.39, 0.29) is 8.85 Å². The molecule has 12 aromatic rings. The maximum atomic E-state index is 6.38. The van der Waals surface area contributed by atoms with Crippen LogP contribution in [0.3, 0.4) is 0 Å². The molecule has 11 nitrogen and oxygen atoms in total. The fourth-order valence-corrected chi connectivity index (χ4v) is 9.60. The minimum Gasteiger partial charge on any atom is -0.399 e. The summed E-state index contributed by atoms with van der Waals surface area (Å²) in [5.41, 5.74) is 11.4. The van der Waals surface area contributed by atoms with E-state index >= 15 is 0 Å². The summed E-state index contributed by atoms with van der Waals surface area (Å²) in [6, 6.07) is 60.7. The highest BCUT2D eigenvalue weighted by molar-refractivity contribution is 14.1. The minimum atomic E-state index is -0.461. The average Bonchev–Trinajstić information content (AvgIpc) is 4.21. The van der Waals surface area contributed by atoms with Crippen molar-refractivity contribution in [3.63, 3.8) is 0 Å². The number of pyridine rings is 3. The lowest BCUT2D eigenvalue weighted by atomic mass is 9.77. The smallest absolute Gasteiger partial charge is 0.399 e. The van der Waals surface area contributed by atoms with Crippen molar-refractivity contribution in [2.75, 3.05) is 0 Å². The van der Waals surface area contributed by atoms with Crippen molar-refractivity contribution in [1.29, 1.82) is 0 Å². The van der Waals surface area contributed by atoms with E-state index in [4.69, 9.17) is 19.3 Å². The number of aromatic amines is 1. The Bertz CT molecular complexity index is 3810. The molecule has 0 saturated carbocycles. The zero-order chi connectivity index (χ0) is 51.9. The lowest BCUT2D eigenvalue weighted by Gasteiger charge is -2.32. The van der Waals surface area contributed by atoms with Gasteiger partial charge in [-0.1, -0.05) is 86.3 Å². The summed E-state index contributed by atoms with van der Waals surface area (Å²) in [5, 5.41) is 0. The van der Waals surface area contributed by atoms with Gasteiger partial charge < -0.3 is 14.3 Å². The number of nitrogens with zero attached hydrogens (tertiary/aromatic N) is 8. The number of benzene rings is 6. The van der Waals surface area contributed by atoms with Crippen molar-refractivity contribution in [1.82, 2.24) is 44.0 Å². The van der Waals surface area contributed by atoms with Crippen molar-refractivity contribution < 1.29 is 10.7 Å². The van der Waals surface area contributed by atoms with Crippen LogP contribution in [0.4, 0.5) is 0 Å². The highest BCUT2D eigenvalue weighted by Gasteiger charge is 2.52.